The number of amides is 1. The van der Waals surface area contributed by atoms with Crippen molar-refractivity contribution in [3.8, 4) is 5.75 Å². The average Bonchev–Trinajstić information content (AvgIpc) is 2.58. The molecule has 0 bridgehead atoms. The van der Waals surface area contributed by atoms with Crippen LogP contribution in [0.25, 0.3) is 0 Å². The topological polar surface area (TPSA) is 63.2 Å². The summed E-state index contributed by atoms with van der Waals surface area (Å²) in [5.41, 5.74) is -0.816. The molecular weight excluding hydrogens is 371 g/mol. The highest BCUT2D eigenvalue weighted by Gasteiger charge is 2.30. The molecule has 0 spiro atoms. The normalized spacial score (nSPS) is 12.3. The molecule has 5 nitrogen and oxygen atoms in total. The van der Waals surface area contributed by atoms with E-state index < -0.39 is 17.8 Å². The molecule has 140 valence electrons. The van der Waals surface area contributed by atoms with Crippen LogP contribution in [-0.4, -0.2) is 30.1 Å². The number of aromatic nitrogens is 1. The zero-order chi connectivity index (χ0) is 19.2. The number of carbonyl (C=O) groups excluding carboxylic acids is 1. The Labute approximate surface area is 153 Å². The number of rotatable bonds is 7. The van der Waals surface area contributed by atoms with Crippen molar-refractivity contribution in [2.75, 3.05) is 18.4 Å². The Morgan fingerprint density at radius 2 is 2.04 bits per heavy atom. The smallest absolute Gasteiger partial charge is 0.417 e. The summed E-state index contributed by atoms with van der Waals surface area (Å²) in [4.78, 5) is 15.6. The van der Waals surface area contributed by atoms with Crippen LogP contribution < -0.4 is 15.4 Å². The van der Waals surface area contributed by atoms with E-state index in [0.29, 0.717) is 17.3 Å². The zero-order valence-corrected chi connectivity index (χ0v) is 14.6. The summed E-state index contributed by atoms with van der Waals surface area (Å²) < 4.78 is 42.8. The second kappa shape index (κ2) is 8.75. The SMILES string of the molecule is CC(Oc1cccc(Cl)c1)C(=O)NCCNc1ccc(C(F)(F)F)cn1. The van der Waals surface area contributed by atoms with Gasteiger partial charge in [-0.05, 0) is 37.3 Å². The Kier molecular flexibility index (Phi) is 6.68. The van der Waals surface area contributed by atoms with E-state index in [1.807, 2.05) is 0 Å². The van der Waals surface area contributed by atoms with Gasteiger partial charge in [0.25, 0.3) is 5.91 Å². The lowest BCUT2D eigenvalue weighted by atomic mass is 10.3. The predicted molar refractivity (Wildman–Crippen MR) is 92.3 cm³/mol. The van der Waals surface area contributed by atoms with Gasteiger partial charge in [0, 0.05) is 24.3 Å². The van der Waals surface area contributed by atoms with Crippen molar-refractivity contribution in [1.82, 2.24) is 10.3 Å². The van der Waals surface area contributed by atoms with E-state index in [0.717, 1.165) is 12.3 Å². The summed E-state index contributed by atoms with van der Waals surface area (Å²) >= 11 is 5.85. The first-order valence-corrected chi connectivity index (χ1v) is 8.10. The van der Waals surface area contributed by atoms with E-state index >= 15 is 0 Å². The first-order valence-electron chi connectivity index (χ1n) is 7.73. The molecule has 0 saturated heterocycles. The number of hydrogen-bond acceptors (Lipinski definition) is 4. The molecule has 2 aromatic rings. The summed E-state index contributed by atoms with van der Waals surface area (Å²) in [6.07, 6.45) is -4.39. The van der Waals surface area contributed by atoms with E-state index in [-0.39, 0.29) is 18.3 Å². The minimum atomic E-state index is -4.42. The second-order valence-electron chi connectivity index (χ2n) is 5.37. The molecule has 26 heavy (non-hydrogen) atoms. The molecule has 2 rings (SSSR count). The monoisotopic (exact) mass is 387 g/mol. The lowest BCUT2D eigenvalue weighted by Gasteiger charge is -2.15. The third-order valence-electron chi connectivity index (χ3n) is 3.30. The van der Waals surface area contributed by atoms with Gasteiger partial charge in [-0.25, -0.2) is 4.98 Å². The molecule has 9 heteroatoms. The van der Waals surface area contributed by atoms with Crippen LogP contribution in [-0.2, 0) is 11.0 Å². The van der Waals surface area contributed by atoms with Crippen LogP contribution in [0.2, 0.25) is 5.02 Å². The number of nitrogens with zero attached hydrogens (tertiary/aromatic N) is 1. The van der Waals surface area contributed by atoms with Gasteiger partial charge in [-0.15, -0.1) is 0 Å². The molecule has 1 amide bonds. The average molecular weight is 388 g/mol. The summed E-state index contributed by atoms with van der Waals surface area (Å²) in [7, 11) is 0. The molecule has 1 atom stereocenters. The van der Waals surface area contributed by atoms with Crippen molar-refractivity contribution in [1.29, 1.82) is 0 Å². The Balaban J connectivity index is 1.72. The molecule has 0 aliphatic heterocycles. The Morgan fingerprint density at radius 3 is 2.65 bits per heavy atom. The molecule has 0 radical (unpaired) electrons. The van der Waals surface area contributed by atoms with Crippen LogP contribution in [0.3, 0.4) is 0 Å². The van der Waals surface area contributed by atoms with Gasteiger partial charge >= 0.3 is 6.18 Å². The van der Waals surface area contributed by atoms with Gasteiger partial charge in [-0.1, -0.05) is 17.7 Å². The fraction of sp³-hybridized carbons (Fsp3) is 0.294. The summed E-state index contributed by atoms with van der Waals surface area (Å²) in [6, 6.07) is 8.87. The number of benzene rings is 1. The van der Waals surface area contributed by atoms with Crippen LogP contribution in [0.15, 0.2) is 42.6 Å². The van der Waals surface area contributed by atoms with Gasteiger partial charge in [0.2, 0.25) is 0 Å². The molecule has 1 aromatic carbocycles. The summed E-state index contributed by atoms with van der Waals surface area (Å²) in [5, 5.41) is 5.98. The number of pyridine rings is 1. The van der Waals surface area contributed by atoms with E-state index in [4.69, 9.17) is 16.3 Å². The molecule has 0 aliphatic rings. The van der Waals surface area contributed by atoms with Crippen molar-refractivity contribution >= 4 is 23.3 Å². The van der Waals surface area contributed by atoms with Gasteiger partial charge in [0.05, 0.1) is 5.56 Å². The van der Waals surface area contributed by atoms with Crippen molar-refractivity contribution in [3.05, 3.63) is 53.2 Å². The highest BCUT2D eigenvalue weighted by atomic mass is 35.5. The molecule has 1 unspecified atom stereocenters. The molecule has 1 aromatic heterocycles. The molecule has 0 fully saturated rings. The Morgan fingerprint density at radius 1 is 1.27 bits per heavy atom. The van der Waals surface area contributed by atoms with Crippen LogP contribution >= 0.6 is 11.6 Å². The van der Waals surface area contributed by atoms with E-state index in [1.54, 1.807) is 31.2 Å². The molecule has 1 heterocycles. The number of halogens is 4. The number of anilines is 1. The van der Waals surface area contributed by atoms with Gasteiger partial charge in [-0.2, -0.15) is 13.2 Å². The zero-order valence-electron chi connectivity index (χ0n) is 13.8. The Bertz CT molecular complexity index is 739. The number of ether oxygens (including phenoxy) is 1. The largest absolute Gasteiger partial charge is 0.481 e. The maximum absolute atomic E-state index is 12.4. The van der Waals surface area contributed by atoms with Crippen LogP contribution in [0.1, 0.15) is 12.5 Å². The van der Waals surface area contributed by atoms with Gasteiger partial charge in [0.15, 0.2) is 6.10 Å². The van der Waals surface area contributed by atoms with Crippen LogP contribution in [0.4, 0.5) is 19.0 Å². The second-order valence-corrected chi connectivity index (χ2v) is 5.80. The van der Waals surface area contributed by atoms with Gasteiger partial charge in [-0.3, -0.25) is 4.79 Å². The maximum atomic E-state index is 12.4. The Hall–Kier alpha value is -2.48. The van der Waals surface area contributed by atoms with E-state index in [2.05, 4.69) is 15.6 Å². The number of carbonyl (C=O) groups is 1. The highest BCUT2D eigenvalue weighted by Crippen LogP contribution is 2.28. The minimum absolute atomic E-state index is 0.255. The van der Waals surface area contributed by atoms with E-state index in [9.17, 15) is 18.0 Å². The summed E-state index contributed by atoms with van der Waals surface area (Å²) in [6.45, 7) is 2.15. The minimum Gasteiger partial charge on any atom is -0.481 e. The molecule has 2 N–H and O–H groups in total. The molecular formula is C17H17ClF3N3O2. The quantitative estimate of drug-likeness (QED) is 0.710. The first kappa shape index (κ1) is 19.8. The third kappa shape index (κ3) is 6.11. The van der Waals surface area contributed by atoms with Crippen LogP contribution in [0, 0.1) is 0 Å². The van der Waals surface area contributed by atoms with Crippen LogP contribution in [0.5, 0.6) is 5.75 Å². The molecule has 0 aliphatic carbocycles. The van der Waals surface area contributed by atoms with Crippen molar-refractivity contribution in [2.24, 2.45) is 0 Å². The predicted octanol–water partition coefficient (Wildman–Crippen LogP) is 3.75. The van der Waals surface area contributed by atoms with Crippen molar-refractivity contribution in [2.45, 2.75) is 19.2 Å². The first-order chi connectivity index (χ1) is 12.3. The fourth-order valence-corrected chi connectivity index (χ4v) is 2.16. The van der Waals surface area contributed by atoms with Crippen molar-refractivity contribution in [3.63, 3.8) is 0 Å². The van der Waals surface area contributed by atoms with Crippen molar-refractivity contribution < 1.29 is 22.7 Å². The van der Waals surface area contributed by atoms with Gasteiger partial charge in [0.1, 0.15) is 11.6 Å². The summed E-state index contributed by atoms with van der Waals surface area (Å²) in [5.74, 6) is 0.440. The lowest BCUT2D eigenvalue weighted by Crippen LogP contribution is -2.38. The number of alkyl halides is 3. The molecule has 0 saturated carbocycles. The highest BCUT2D eigenvalue weighted by molar-refractivity contribution is 6.30. The standard InChI is InChI=1S/C17H17ClF3N3O2/c1-11(26-14-4-2-3-13(18)9-14)16(25)23-8-7-22-15-6-5-12(10-24-15)17(19,20)21/h2-6,9-11H,7-8H2,1H3,(H,22,24)(H,23,25). The maximum Gasteiger partial charge on any atom is 0.417 e. The van der Waals surface area contributed by atoms with Gasteiger partial charge < -0.3 is 15.4 Å². The fourth-order valence-electron chi connectivity index (χ4n) is 1.98. The number of nitrogens with one attached hydrogen (secondary N) is 2. The van der Waals surface area contributed by atoms with E-state index in [1.165, 1.54) is 6.07 Å². The number of hydrogen-bond donors (Lipinski definition) is 2. The lowest BCUT2D eigenvalue weighted by molar-refractivity contribution is -0.137. The third-order valence-corrected chi connectivity index (χ3v) is 3.53.